The lowest BCUT2D eigenvalue weighted by Gasteiger charge is -2.03. The molecule has 1 atom stereocenters. The van der Waals surface area contributed by atoms with Crippen LogP contribution in [-0.4, -0.2) is 6.04 Å². The standard InChI is InChI=1S/C7H9Cl2NS/c1-4(10)2-5-6(8)3-11-7(5)9/h3-4H,2,10H2,1H3. The Bertz CT molecular complexity index is 225. The van der Waals surface area contributed by atoms with E-state index < -0.39 is 0 Å². The maximum absolute atomic E-state index is 5.87. The predicted octanol–water partition coefficient (Wildman–Crippen LogP) is 2.94. The van der Waals surface area contributed by atoms with Gasteiger partial charge in [-0.25, -0.2) is 0 Å². The molecule has 0 saturated carbocycles. The molecule has 0 spiro atoms. The molecule has 1 rings (SSSR count). The number of nitrogens with two attached hydrogens (primary N) is 1. The average Bonchev–Trinajstić information content (AvgIpc) is 2.18. The van der Waals surface area contributed by atoms with Crippen molar-refractivity contribution < 1.29 is 0 Å². The fourth-order valence-electron chi connectivity index (χ4n) is 0.839. The van der Waals surface area contributed by atoms with E-state index in [4.69, 9.17) is 28.9 Å². The van der Waals surface area contributed by atoms with E-state index in [-0.39, 0.29) is 6.04 Å². The molecule has 0 amide bonds. The van der Waals surface area contributed by atoms with Crippen molar-refractivity contribution in [1.82, 2.24) is 0 Å². The Hall–Kier alpha value is 0.240. The van der Waals surface area contributed by atoms with E-state index in [1.807, 2.05) is 12.3 Å². The van der Waals surface area contributed by atoms with Crippen molar-refractivity contribution >= 4 is 34.5 Å². The molecule has 4 heteroatoms. The van der Waals surface area contributed by atoms with E-state index in [2.05, 4.69) is 0 Å². The van der Waals surface area contributed by atoms with Gasteiger partial charge in [0.2, 0.25) is 0 Å². The van der Waals surface area contributed by atoms with Crippen molar-refractivity contribution in [2.45, 2.75) is 19.4 Å². The Morgan fingerprint density at radius 1 is 1.64 bits per heavy atom. The molecule has 11 heavy (non-hydrogen) atoms. The minimum Gasteiger partial charge on any atom is -0.328 e. The van der Waals surface area contributed by atoms with Gasteiger partial charge in [-0.05, 0) is 13.3 Å². The fourth-order valence-corrected chi connectivity index (χ4v) is 2.25. The largest absolute Gasteiger partial charge is 0.328 e. The lowest BCUT2D eigenvalue weighted by molar-refractivity contribution is 0.740. The highest BCUT2D eigenvalue weighted by molar-refractivity contribution is 7.15. The molecule has 0 fully saturated rings. The van der Waals surface area contributed by atoms with Gasteiger partial charge in [-0.15, -0.1) is 11.3 Å². The maximum Gasteiger partial charge on any atom is 0.0976 e. The van der Waals surface area contributed by atoms with Crippen LogP contribution < -0.4 is 5.73 Å². The Morgan fingerprint density at radius 2 is 2.27 bits per heavy atom. The lowest BCUT2D eigenvalue weighted by atomic mass is 10.1. The molecule has 0 aliphatic carbocycles. The summed E-state index contributed by atoms with van der Waals surface area (Å²) >= 11 is 13.2. The van der Waals surface area contributed by atoms with Crippen molar-refractivity contribution in [3.63, 3.8) is 0 Å². The number of hydrogen-bond acceptors (Lipinski definition) is 2. The van der Waals surface area contributed by atoms with Crippen molar-refractivity contribution in [1.29, 1.82) is 0 Å². The van der Waals surface area contributed by atoms with Gasteiger partial charge in [-0.1, -0.05) is 23.2 Å². The molecule has 1 heterocycles. The van der Waals surface area contributed by atoms with Gasteiger partial charge in [0.05, 0.1) is 9.36 Å². The zero-order valence-corrected chi connectivity index (χ0v) is 8.43. The molecule has 0 aliphatic heterocycles. The van der Waals surface area contributed by atoms with E-state index in [0.717, 1.165) is 21.3 Å². The minimum atomic E-state index is 0.111. The number of thiophene rings is 1. The van der Waals surface area contributed by atoms with Gasteiger partial charge in [0, 0.05) is 17.0 Å². The maximum atomic E-state index is 5.87. The van der Waals surface area contributed by atoms with Gasteiger partial charge in [0.25, 0.3) is 0 Å². The zero-order chi connectivity index (χ0) is 8.43. The molecule has 1 aromatic heterocycles. The highest BCUT2D eigenvalue weighted by Gasteiger charge is 2.09. The van der Waals surface area contributed by atoms with E-state index in [9.17, 15) is 0 Å². The molecule has 2 N–H and O–H groups in total. The van der Waals surface area contributed by atoms with Crippen LogP contribution in [0.5, 0.6) is 0 Å². The molecular formula is C7H9Cl2NS. The topological polar surface area (TPSA) is 26.0 Å². The van der Waals surface area contributed by atoms with Crippen molar-refractivity contribution in [3.8, 4) is 0 Å². The highest BCUT2D eigenvalue weighted by atomic mass is 35.5. The molecule has 0 aliphatic rings. The summed E-state index contributed by atoms with van der Waals surface area (Å²) in [5, 5.41) is 2.57. The summed E-state index contributed by atoms with van der Waals surface area (Å²) in [6, 6.07) is 0.111. The molecular weight excluding hydrogens is 201 g/mol. The zero-order valence-electron chi connectivity index (χ0n) is 6.10. The van der Waals surface area contributed by atoms with E-state index >= 15 is 0 Å². The first kappa shape index (κ1) is 9.33. The summed E-state index contributed by atoms with van der Waals surface area (Å²) in [4.78, 5) is 0. The van der Waals surface area contributed by atoms with Crippen LogP contribution in [0.4, 0.5) is 0 Å². The summed E-state index contributed by atoms with van der Waals surface area (Å²) in [6.07, 6.45) is 0.751. The third-order valence-corrected chi connectivity index (χ3v) is 3.09. The molecule has 1 unspecified atom stereocenters. The lowest BCUT2D eigenvalue weighted by Crippen LogP contribution is -2.17. The number of rotatable bonds is 2. The van der Waals surface area contributed by atoms with E-state index in [1.54, 1.807) is 0 Å². The third-order valence-electron chi connectivity index (χ3n) is 1.32. The summed E-state index contributed by atoms with van der Waals surface area (Å²) in [7, 11) is 0. The highest BCUT2D eigenvalue weighted by Crippen LogP contribution is 2.31. The van der Waals surface area contributed by atoms with Crippen LogP contribution in [0, 0.1) is 0 Å². The van der Waals surface area contributed by atoms with Gasteiger partial charge < -0.3 is 5.73 Å². The SMILES string of the molecule is CC(N)Cc1c(Cl)csc1Cl. The van der Waals surface area contributed by atoms with Crippen LogP contribution in [0.25, 0.3) is 0 Å². The smallest absolute Gasteiger partial charge is 0.0976 e. The fraction of sp³-hybridized carbons (Fsp3) is 0.429. The molecule has 0 aromatic carbocycles. The van der Waals surface area contributed by atoms with Gasteiger partial charge in [-0.2, -0.15) is 0 Å². The molecule has 0 bridgehead atoms. The summed E-state index contributed by atoms with van der Waals surface area (Å²) in [5.41, 5.74) is 6.59. The van der Waals surface area contributed by atoms with Crippen LogP contribution >= 0.6 is 34.5 Å². The van der Waals surface area contributed by atoms with Crippen molar-refractivity contribution in [2.75, 3.05) is 0 Å². The number of halogens is 2. The molecule has 62 valence electrons. The van der Waals surface area contributed by atoms with Gasteiger partial charge >= 0.3 is 0 Å². The van der Waals surface area contributed by atoms with Crippen molar-refractivity contribution in [3.05, 3.63) is 20.3 Å². The second kappa shape index (κ2) is 3.76. The molecule has 1 aromatic rings. The summed E-state index contributed by atoms with van der Waals surface area (Å²) < 4.78 is 0.757. The monoisotopic (exact) mass is 209 g/mol. The average molecular weight is 210 g/mol. The molecule has 0 radical (unpaired) electrons. The quantitative estimate of drug-likeness (QED) is 0.797. The van der Waals surface area contributed by atoms with Gasteiger partial charge in [0.15, 0.2) is 0 Å². The minimum absolute atomic E-state index is 0.111. The Morgan fingerprint density at radius 3 is 2.64 bits per heavy atom. The Balaban J connectivity index is 2.83. The first-order chi connectivity index (χ1) is 5.11. The van der Waals surface area contributed by atoms with E-state index in [0.29, 0.717) is 0 Å². The number of hydrogen-bond donors (Lipinski definition) is 1. The van der Waals surface area contributed by atoms with Crippen LogP contribution in [0.3, 0.4) is 0 Å². The van der Waals surface area contributed by atoms with Gasteiger partial charge in [0.1, 0.15) is 0 Å². The van der Waals surface area contributed by atoms with Crippen molar-refractivity contribution in [2.24, 2.45) is 5.73 Å². The third kappa shape index (κ3) is 2.34. The van der Waals surface area contributed by atoms with Gasteiger partial charge in [-0.3, -0.25) is 0 Å². The second-order valence-corrected chi connectivity index (χ2v) is 4.41. The van der Waals surface area contributed by atoms with Crippen LogP contribution in [-0.2, 0) is 6.42 Å². The molecule has 0 saturated heterocycles. The summed E-state index contributed by atoms with van der Waals surface area (Å²) in [5.74, 6) is 0. The second-order valence-electron chi connectivity index (χ2n) is 2.52. The first-order valence-electron chi connectivity index (χ1n) is 3.28. The predicted molar refractivity (Wildman–Crippen MR) is 51.7 cm³/mol. The normalized spacial score (nSPS) is 13.5. The van der Waals surface area contributed by atoms with Crippen LogP contribution in [0.1, 0.15) is 12.5 Å². The first-order valence-corrected chi connectivity index (χ1v) is 4.91. The Kier molecular flexibility index (Phi) is 3.19. The summed E-state index contributed by atoms with van der Waals surface area (Å²) in [6.45, 7) is 1.93. The Labute approximate surface area is 80.1 Å². The molecule has 1 nitrogen and oxygen atoms in total. The van der Waals surface area contributed by atoms with Crippen LogP contribution in [0.15, 0.2) is 5.38 Å². The van der Waals surface area contributed by atoms with E-state index in [1.165, 1.54) is 11.3 Å². The van der Waals surface area contributed by atoms with Crippen LogP contribution in [0.2, 0.25) is 9.36 Å².